The molecule has 1 saturated carbocycles. The first-order valence-electron chi connectivity index (χ1n) is 10.1. The summed E-state index contributed by atoms with van der Waals surface area (Å²) in [5.74, 6) is 2.16. The third-order valence-corrected chi connectivity index (χ3v) is 6.91. The molecule has 3 rings (SSSR count). The number of hydrogen-bond donors (Lipinski definition) is 2. The summed E-state index contributed by atoms with van der Waals surface area (Å²) in [4.78, 5) is 4.54. The molecule has 2 N–H and O–H groups in total. The summed E-state index contributed by atoms with van der Waals surface area (Å²) >= 11 is 0. The maximum absolute atomic E-state index is 12.6. The summed E-state index contributed by atoms with van der Waals surface area (Å²) in [5.41, 5.74) is 1.74. The number of benzene rings is 2. The first-order valence-corrected chi connectivity index (χ1v) is 11.5. The molecule has 1 fully saturated rings. The Bertz CT molecular complexity index is 992. The highest BCUT2D eigenvalue weighted by atomic mass is 127. The van der Waals surface area contributed by atoms with Crippen LogP contribution in [0, 0.1) is 5.92 Å². The molecule has 0 amide bonds. The number of hydrogen-bond acceptors (Lipinski definition) is 4. The molecule has 2 aromatic carbocycles. The van der Waals surface area contributed by atoms with Crippen LogP contribution >= 0.6 is 24.0 Å². The van der Waals surface area contributed by atoms with E-state index in [0.717, 1.165) is 17.9 Å². The van der Waals surface area contributed by atoms with E-state index in [4.69, 9.17) is 4.74 Å². The smallest absolute Gasteiger partial charge is 0.242 e. The van der Waals surface area contributed by atoms with Crippen LogP contribution in [0.4, 0.5) is 0 Å². The summed E-state index contributed by atoms with van der Waals surface area (Å²) in [7, 11) is 1.23. The number of halogens is 1. The highest BCUT2D eigenvalue weighted by Crippen LogP contribution is 2.30. The van der Waals surface area contributed by atoms with E-state index in [0.29, 0.717) is 30.5 Å². The van der Waals surface area contributed by atoms with E-state index < -0.39 is 10.0 Å². The average Bonchev–Trinajstić information content (AvgIpc) is 3.57. The first-order chi connectivity index (χ1) is 14.4. The van der Waals surface area contributed by atoms with Crippen LogP contribution in [0.1, 0.15) is 24.0 Å². The summed E-state index contributed by atoms with van der Waals surface area (Å²) in [6, 6.07) is 15.0. The van der Waals surface area contributed by atoms with E-state index in [-0.39, 0.29) is 28.9 Å². The number of ether oxygens (including phenoxy) is 1. The quantitative estimate of drug-likeness (QED) is 0.281. The van der Waals surface area contributed by atoms with Crippen molar-refractivity contribution in [2.75, 3.05) is 27.7 Å². The second-order valence-electron chi connectivity index (χ2n) is 7.54. The third kappa shape index (κ3) is 7.08. The molecule has 2 aromatic rings. The largest absolute Gasteiger partial charge is 0.493 e. The molecule has 7 nitrogen and oxygen atoms in total. The summed E-state index contributed by atoms with van der Waals surface area (Å²) in [6.45, 7) is 1.65. The predicted octanol–water partition coefficient (Wildman–Crippen LogP) is 3.21. The normalized spacial score (nSPS) is 14.1. The Morgan fingerprint density at radius 1 is 1.03 bits per heavy atom. The number of para-hydroxylation sites is 1. The van der Waals surface area contributed by atoms with Gasteiger partial charge in [-0.05, 0) is 36.5 Å². The van der Waals surface area contributed by atoms with Crippen molar-refractivity contribution in [1.82, 2.24) is 14.9 Å². The second kappa shape index (κ2) is 11.7. The Labute approximate surface area is 202 Å². The molecule has 0 aromatic heterocycles. The van der Waals surface area contributed by atoms with Gasteiger partial charge in [0.05, 0.1) is 11.5 Å². The minimum atomic E-state index is -3.51. The van der Waals surface area contributed by atoms with Crippen molar-refractivity contribution in [3.8, 4) is 5.75 Å². The van der Waals surface area contributed by atoms with Crippen LogP contribution < -0.4 is 15.4 Å². The summed E-state index contributed by atoms with van der Waals surface area (Å²) in [6.07, 6.45) is 2.50. The lowest BCUT2D eigenvalue weighted by molar-refractivity contribution is 0.296. The number of rotatable bonds is 9. The fourth-order valence-corrected chi connectivity index (χ4v) is 4.08. The third-order valence-electron chi connectivity index (χ3n) is 4.99. The Balaban J connectivity index is 0.00000341. The minimum Gasteiger partial charge on any atom is -0.493 e. The van der Waals surface area contributed by atoms with Crippen LogP contribution in [-0.4, -0.2) is 46.4 Å². The van der Waals surface area contributed by atoms with Gasteiger partial charge in [0.1, 0.15) is 5.75 Å². The van der Waals surface area contributed by atoms with Crippen molar-refractivity contribution in [3.05, 3.63) is 59.7 Å². The minimum absolute atomic E-state index is 0. The molecule has 0 radical (unpaired) electrons. The van der Waals surface area contributed by atoms with Gasteiger partial charge in [-0.15, -0.1) is 24.0 Å². The molecule has 1 aliphatic rings. The molecule has 0 heterocycles. The van der Waals surface area contributed by atoms with Gasteiger partial charge in [-0.2, -0.15) is 0 Å². The Kier molecular flexibility index (Phi) is 9.57. The zero-order chi connectivity index (χ0) is 21.6. The standard InChI is InChI=1S/C22H30N4O3S.HI/c1-23-22(24-14-18-8-4-6-10-20(18)29-16-17-12-13-17)25-15-19-9-5-7-11-21(19)30(27,28)26(2)3;/h4-11,17H,12-16H2,1-3H3,(H2,23,24,25);1H. The van der Waals surface area contributed by atoms with Crippen LogP contribution in [-0.2, 0) is 23.1 Å². The molecule has 1 aliphatic carbocycles. The van der Waals surface area contributed by atoms with Gasteiger partial charge in [-0.3, -0.25) is 4.99 Å². The lowest BCUT2D eigenvalue weighted by atomic mass is 10.2. The van der Waals surface area contributed by atoms with Gasteiger partial charge in [0, 0.05) is 39.8 Å². The topological polar surface area (TPSA) is 83.0 Å². The summed E-state index contributed by atoms with van der Waals surface area (Å²) < 4.78 is 32.3. The van der Waals surface area contributed by atoms with Crippen LogP contribution in [0.3, 0.4) is 0 Å². The molecule has 0 atom stereocenters. The average molecular weight is 558 g/mol. The van der Waals surface area contributed by atoms with Crippen LogP contribution in [0.5, 0.6) is 5.75 Å². The van der Waals surface area contributed by atoms with Gasteiger partial charge < -0.3 is 15.4 Å². The molecular formula is C22H31IN4O3S. The number of nitrogens with one attached hydrogen (secondary N) is 2. The Hall–Kier alpha value is -1.85. The molecule has 0 aliphatic heterocycles. The Morgan fingerprint density at radius 3 is 2.23 bits per heavy atom. The summed E-state index contributed by atoms with van der Waals surface area (Å²) in [5, 5.41) is 6.48. The van der Waals surface area contributed by atoms with Crippen LogP contribution in [0.2, 0.25) is 0 Å². The van der Waals surface area contributed by atoms with Crippen molar-refractivity contribution >= 4 is 40.0 Å². The zero-order valence-electron chi connectivity index (χ0n) is 18.2. The van der Waals surface area contributed by atoms with Crippen molar-refractivity contribution in [1.29, 1.82) is 0 Å². The first kappa shape index (κ1) is 25.4. The fourth-order valence-electron chi connectivity index (χ4n) is 2.96. The van der Waals surface area contributed by atoms with E-state index in [1.165, 1.54) is 31.2 Å². The van der Waals surface area contributed by atoms with Crippen LogP contribution in [0.15, 0.2) is 58.4 Å². The number of nitrogens with zero attached hydrogens (tertiary/aromatic N) is 2. The molecule has 31 heavy (non-hydrogen) atoms. The maximum Gasteiger partial charge on any atom is 0.242 e. The molecule has 0 saturated heterocycles. The molecule has 0 unspecified atom stereocenters. The van der Waals surface area contributed by atoms with Crippen molar-refractivity contribution < 1.29 is 13.2 Å². The highest BCUT2D eigenvalue weighted by Gasteiger charge is 2.22. The molecule has 0 spiro atoms. The second-order valence-corrected chi connectivity index (χ2v) is 9.66. The maximum atomic E-state index is 12.6. The lowest BCUT2D eigenvalue weighted by Gasteiger charge is -2.17. The van der Waals surface area contributed by atoms with E-state index in [1.54, 1.807) is 25.2 Å². The van der Waals surface area contributed by atoms with E-state index in [1.807, 2.05) is 30.3 Å². The van der Waals surface area contributed by atoms with Crippen molar-refractivity contribution in [2.24, 2.45) is 10.9 Å². The Morgan fingerprint density at radius 2 is 1.61 bits per heavy atom. The van der Waals surface area contributed by atoms with Gasteiger partial charge in [0.2, 0.25) is 10.0 Å². The van der Waals surface area contributed by atoms with Gasteiger partial charge in [0.15, 0.2) is 5.96 Å². The number of sulfonamides is 1. The zero-order valence-corrected chi connectivity index (χ0v) is 21.3. The highest BCUT2D eigenvalue weighted by molar-refractivity contribution is 14.0. The molecule has 9 heteroatoms. The van der Waals surface area contributed by atoms with Crippen molar-refractivity contribution in [2.45, 2.75) is 30.8 Å². The predicted molar refractivity (Wildman–Crippen MR) is 134 cm³/mol. The fraction of sp³-hybridized carbons (Fsp3) is 0.409. The van der Waals surface area contributed by atoms with Crippen LogP contribution in [0.25, 0.3) is 0 Å². The molecule has 0 bridgehead atoms. The van der Waals surface area contributed by atoms with Gasteiger partial charge >= 0.3 is 0 Å². The van der Waals surface area contributed by atoms with Gasteiger partial charge in [-0.1, -0.05) is 36.4 Å². The lowest BCUT2D eigenvalue weighted by Crippen LogP contribution is -2.37. The van der Waals surface area contributed by atoms with Gasteiger partial charge in [0.25, 0.3) is 0 Å². The number of aliphatic imine (C=N–C) groups is 1. The molecular weight excluding hydrogens is 527 g/mol. The van der Waals surface area contributed by atoms with Crippen molar-refractivity contribution in [3.63, 3.8) is 0 Å². The van der Waals surface area contributed by atoms with E-state index >= 15 is 0 Å². The SMILES string of the molecule is CN=C(NCc1ccccc1OCC1CC1)NCc1ccccc1S(=O)(=O)N(C)C.I. The van der Waals surface area contributed by atoms with E-state index in [9.17, 15) is 8.42 Å². The van der Waals surface area contributed by atoms with Gasteiger partial charge in [-0.25, -0.2) is 12.7 Å². The molecule has 170 valence electrons. The monoisotopic (exact) mass is 558 g/mol. The number of guanidine groups is 1. The van der Waals surface area contributed by atoms with E-state index in [2.05, 4.69) is 15.6 Å².